The van der Waals surface area contributed by atoms with E-state index in [9.17, 15) is 17.6 Å². The van der Waals surface area contributed by atoms with Crippen molar-refractivity contribution in [3.05, 3.63) is 68.7 Å². The fourth-order valence-electron chi connectivity index (χ4n) is 2.69. The number of aryl methyl sites for hydroxylation is 2. The molecule has 2 aromatic carbocycles. The van der Waals surface area contributed by atoms with E-state index >= 15 is 0 Å². The van der Waals surface area contributed by atoms with E-state index in [1.54, 1.807) is 13.8 Å². The van der Waals surface area contributed by atoms with Crippen LogP contribution in [0.25, 0.3) is 5.69 Å². The summed E-state index contributed by atoms with van der Waals surface area (Å²) in [6.45, 7) is 4.74. The lowest BCUT2D eigenvalue weighted by molar-refractivity contribution is 0.0976. The van der Waals surface area contributed by atoms with Crippen LogP contribution >= 0.6 is 23.2 Å². The number of aromatic nitrogens is 3. The molecule has 0 saturated carbocycles. The Labute approximate surface area is 176 Å². The van der Waals surface area contributed by atoms with Crippen LogP contribution in [0.1, 0.15) is 27.3 Å². The molecule has 11 heteroatoms. The Bertz CT molecular complexity index is 1240. The summed E-state index contributed by atoms with van der Waals surface area (Å²) in [5, 5.41) is 8.06. The molecule has 0 radical (unpaired) electrons. The molecular formula is C18H15Cl2FN4O3S. The molecule has 0 aliphatic carbocycles. The van der Waals surface area contributed by atoms with Gasteiger partial charge >= 0.3 is 0 Å². The summed E-state index contributed by atoms with van der Waals surface area (Å²) in [4.78, 5) is 12.5. The molecule has 1 heterocycles. The molecule has 0 aliphatic rings. The number of benzene rings is 2. The van der Waals surface area contributed by atoms with Gasteiger partial charge in [-0.25, -0.2) is 22.2 Å². The fourth-order valence-corrected chi connectivity index (χ4v) is 4.42. The highest BCUT2D eigenvalue weighted by Crippen LogP contribution is 2.25. The van der Waals surface area contributed by atoms with Crippen LogP contribution in [0.15, 0.2) is 35.2 Å². The maximum atomic E-state index is 13.3. The SMILES string of the molecule is Cc1cc(S(=O)(=O)NC(=O)c2nnn(-c3ccc(F)cc3Cl)c2C)c(C)cc1Cl. The van der Waals surface area contributed by atoms with Gasteiger partial charge in [0, 0.05) is 5.02 Å². The van der Waals surface area contributed by atoms with Crippen molar-refractivity contribution in [2.75, 3.05) is 0 Å². The van der Waals surface area contributed by atoms with Crippen molar-refractivity contribution < 1.29 is 17.6 Å². The maximum Gasteiger partial charge on any atom is 0.287 e. The number of amides is 1. The van der Waals surface area contributed by atoms with E-state index in [2.05, 4.69) is 10.3 Å². The molecule has 0 fully saturated rings. The summed E-state index contributed by atoms with van der Waals surface area (Å²) in [6, 6.07) is 6.53. The zero-order valence-electron chi connectivity index (χ0n) is 15.5. The van der Waals surface area contributed by atoms with E-state index < -0.39 is 21.7 Å². The first-order chi connectivity index (χ1) is 13.5. The first-order valence-corrected chi connectivity index (χ1v) is 10.5. The largest absolute Gasteiger partial charge is 0.287 e. The van der Waals surface area contributed by atoms with E-state index in [1.165, 1.54) is 35.9 Å². The van der Waals surface area contributed by atoms with Crippen LogP contribution in [0, 0.1) is 26.6 Å². The average molecular weight is 457 g/mol. The molecular weight excluding hydrogens is 442 g/mol. The molecule has 0 atom stereocenters. The van der Waals surface area contributed by atoms with Gasteiger partial charge < -0.3 is 0 Å². The number of hydrogen-bond donors (Lipinski definition) is 1. The van der Waals surface area contributed by atoms with E-state index in [0.717, 1.165) is 6.07 Å². The first-order valence-electron chi connectivity index (χ1n) is 8.23. The summed E-state index contributed by atoms with van der Waals surface area (Å²) in [5.74, 6) is -1.49. The number of nitrogens with one attached hydrogen (secondary N) is 1. The highest BCUT2D eigenvalue weighted by atomic mass is 35.5. The average Bonchev–Trinajstić information content (AvgIpc) is 2.99. The van der Waals surface area contributed by atoms with Crippen molar-refractivity contribution in [2.45, 2.75) is 25.7 Å². The van der Waals surface area contributed by atoms with Gasteiger partial charge in [-0.2, -0.15) is 0 Å². The molecule has 152 valence electrons. The number of hydrogen-bond acceptors (Lipinski definition) is 5. The minimum Gasteiger partial charge on any atom is -0.266 e. The van der Waals surface area contributed by atoms with Crippen molar-refractivity contribution in [2.24, 2.45) is 0 Å². The van der Waals surface area contributed by atoms with Crippen molar-refractivity contribution >= 4 is 39.1 Å². The lowest BCUT2D eigenvalue weighted by Gasteiger charge is -2.11. The molecule has 1 aromatic heterocycles. The van der Waals surface area contributed by atoms with Gasteiger partial charge in [0.15, 0.2) is 5.69 Å². The molecule has 3 aromatic rings. The fraction of sp³-hybridized carbons (Fsp3) is 0.167. The standard InChI is InChI=1S/C18H15Cl2FN4O3S/c1-9-7-16(10(2)6-13(9)19)29(27,28)23-18(26)17-11(3)25(24-22-17)15-5-4-12(21)8-14(15)20/h4-8H,1-3H3,(H,23,26). The van der Waals surface area contributed by atoms with Gasteiger partial charge in [-0.1, -0.05) is 28.4 Å². The highest BCUT2D eigenvalue weighted by molar-refractivity contribution is 7.90. The predicted molar refractivity (Wildman–Crippen MR) is 107 cm³/mol. The number of rotatable bonds is 4. The zero-order chi connectivity index (χ0) is 21.5. The smallest absolute Gasteiger partial charge is 0.266 e. The normalized spacial score (nSPS) is 11.5. The van der Waals surface area contributed by atoms with Crippen LogP contribution in [0.3, 0.4) is 0 Å². The van der Waals surface area contributed by atoms with Gasteiger partial charge in [0.1, 0.15) is 5.82 Å². The molecule has 0 bridgehead atoms. The predicted octanol–water partition coefficient (Wildman–Crippen LogP) is 3.76. The highest BCUT2D eigenvalue weighted by Gasteiger charge is 2.26. The van der Waals surface area contributed by atoms with E-state index in [4.69, 9.17) is 23.2 Å². The third kappa shape index (κ3) is 4.12. The van der Waals surface area contributed by atoms with Crippen LogP contribution in [0.5, 0.6) is 0 Å². The monoisotopic (exact) mass is 456 g/mol. The van der Waals surface area contributed by atoms with Crippen molar-refractivity contribution in [1.82, 2.24) is 19.7 Å². The number of carbonyl (C=O) groups is 1. The third-order valence-electron chi connectivity index (χ3n) is 4.22. The molecule has 0 saturated heterocycles. The molecule has 1 amide bonds. The molecule has 29 heavy (non-hydrogen) atoms. The quantitative estimate of drug-likeness (QED) is 0.644. The number of carbonyl (C=O) groups excluding carboxylic acids is 1. The third-order valence-corrected chi connectivity index (χ3v) is 6.40. The van der Waals surface area contributed by atoms with Crippen molar-refractivity contribution in [3.8, 4) is 5.69 Å². The number of halogens is 3. The van der Waals surface area contributed by atoms with Crippen LogP contribution in [0.4, 0.5) is 4.39 Å². The molecule has 0 spiro atoms. The van der Waals surface area contributed by atoms with E-state index in [-0.39, 0.29) is 21.3 Å². The van der Waals surface area contributed by atoms with E-state index in [1.807, 2.05) is 4.72 Å². The Morgan fingerprint density at radius 3 is 2.41 bits per heavy atom. The van der Waals surface area contributed by atoms with Crippen LogP contribution in [-0.2, 0) is 10.0 Å². The van der Waals surface area contributed by atoms with Gasteiger partial charge in [-0.3, -0.25) is 4.79 Å². The minimum atomic E-state index is -4.17. The van der Waals surface area contributed by atoms with E-state index in [0.29, 0.717) is 21.8 Å². The molecule has 3 rings (SSSR count). The maximum absolute atomic E-state index is 13.3. The molecule has 0 aliphatic heterocycles. The van der Waals surface area contributed by atoms with Gasteiger partial charge in [0.2, 0.25) is 0 Å². The summed E-state index contributed by atoms with van der Waals surface area (Å²) in [7, 11) is -4.17. The van der Waals surface area contributed by atoms with Crippen LogP contribution in [-0.4, -0.2) is 29.3 Å². The molecule has 1 N–H and O–H groups in total. The van der Waals surface area contributed by atoms with Crippen molar-refractivity contribution in [1.29, 1.82) is 0 Å². The number of sulfonamides is 1. The lowest BCUT2D eigenvalue weighted by atomic mass is 10.2. The Morgan fingerprint density at radius 2 is 1.76 bits per heavy atom. The van der Waals surface area contributed by atoms with Gasteiger partial charge in [0.25, 0.3) is 15.9 Å². The van der Waals surface area contributed by atoms with Crippen molar-refractivity contribution in [3.63, 3.8) is 0 Å². The van der Waals surface area contributed by atoms with Gasteiger partial charge in [-0.05, 0) is 62.2 Å². The second kappa shape index (κ2) is 7.74. The summed E-state index contributed by atoms with van der Waals surface area (Å²) < 4.78 is 41.8. The topological polar surface area (TPSA) is 93.9 Å². The first kappa shape index (κ1) is 21.2. The summed E-state index contributed by atoms with van der Waals surface area (Å²) >= 11 is 12.0. The van der Waals surface area contributed by atoms with Crippen LogP contribution in [0.2, 0.25) is 10.0 Å². The second-order valence-electron chi connectivity index (χ2n) is 6.33. The Balaban J connectivity index is 1.94. The van der Waals surface area contributed by atoms with Gasteiger partial charge in [0.05, 0.1) is 21.3 Å². The Morgan fingerprint density at radius 1 is 1.07 bits per heavy atom. The van der Waals surface area contributed by atoms with Gasteiger partial charge in [-0.15, -0.1) is 5.10 Å². The Hall–Kier alpha value is -2.49. The second-order valence-corrected chi connectivity index (χ2v) is 8.80. The minimum absolute atomic E-state index is 0.0600. The number of nitrogens with zero attached hydrogens (tertiary/aromatic N) is 3. The zero-order valence-corrected chi connectivity index (χ0v) is 17.8. The summed E-state index contributed by atoms with van der Waals surface area (Å²) in [5.41, 5.74) is 1.26. The van der Waals surface area contributed by atoms with Crippen LogP contribution < -0.4 is 4.72 Å². The lowest BCUT2D eigenvalue weighted by Crippen LogP contribution is -2.32. The summed E-state index contributed by atoms with van der Waals surface area (Å²) in [6.07, 6.45) is 0. The molecule has 7 nitrogen and oxygen atoms in total. The molecule has 0 unspecified atom stereocenters. The Kier molecular flexibility index (Phi) is 5.66.